The predicted octanol–water partition coefficient (Wildman–Crippen LogP) is 0.261. The molecular formula is C5H6Cl2N4O. The van der Waals surface area contributed by atoms with Crippen molar-refractivity contribution in [3.8, 4) is 0 Å². The first-order valence-electron chi connectivity index (χ1n) is 2.74. The van der Waals surface area contributed by atoms with Crippen molar-refractivity contribution in [1.29, 1.82) is 0 Å². The Balaban J connectivity index is 0.000000605. The van der Waals surface area contributed by atoms with Crippen molar-refractivity contribution in [3.05, 3.63) is 29.2 Å². The van der Waals surface area contributed by atoms with Crippen molar-refractivity contribution in [2.24, 2.45) is 0 Å². The minimum atomic E-state index is -0.174. The molecule has 0 aliphatic rings. The van der Waals surface area contributed by atoms with Crippen LogP contribution in [-0.4, -0.2) is 19.6 Å². The Morgan fingerprint density at radius 3 is 2.83 bits per heavy atom. The third-order valence-corrected chi connectivity index (χ3v) is 1.23. The Labute approximate surface area is 79.6 Å². The van der Waals surface area contributed by atoms with E-state index in [0.29, 0.717) is 5.52 Å². The third kappa shape index (κ3) is 1.57. The largest absolute Gasteiger partial charge is 0.310 e. The standard InChI is InChI=1S/C5H4N4O.2ClH/c10-5-4-1-6-3-9(4)8-2-7-5;;/h1-3H,(H,7,8,10);2*1H. The van der Waals surface area contributed by atoms with Crippen LogP contribution in [0.5, 0.6) is 0 Å². The van der Waals surface area contributed by atoms with E-state index >= 15 is 0 Å². The van der Waals surface area contributed by atoms with E-state index < -0.39 is 0 Å². The first kappa shape index (κ1) is 10.9. The molecule has 0 radical (unpaired) electrons. The van der Waals surface area contributed by atoms with Crippen LogP contribution in [0.2, 0.25) is 0 Å². The van der Waals surface area contributed by atoms with Crippen LogP contribution in [-0.2, 0) is 0 Å². The van der Waals surface area contributed by atoms with Crippen molar-refractivity contribution < 1.29 is 0 Å². The summed E-state index contributed by atoms with van der Waals surface area (Å²) in [5.74, 6) is 0. The fraction of sp³-hybridized carbons (Fsp3) is 0. The molecule has 0 saturated carbocycles. The summed E-state index contributed by atoms with van der Waals surface area (Å²) in [7, 11) is 0. The van der Waals surface area contributed by atoms with Gasteiger partial charge in [-0.1, -0.05) is 0 Å². The highest BCUT2D eigenvalue weighted by Crippen LogP contribution is 1.86. The maximum absolute atomic E-state index is 10.9. The maximum Gasteiger partial charge on any atom is 0.276 e. The summed E-state index contributed by atoms with van der Waals surface area (Å²) in [4.78, 5) is 17.1. The van der Waals surface area contributed by atoms with E-state index in [2.05, 4.69) is 15.1 Å². The maximum atomic E-state index is 10.9. The lowest BCUT2D eigenvalue weighted by Crippen LogP contribution is -2.09. The van der Waals surface area contributed by atoms with Crippen molar-refractivity contribution in [2.75, 3.05) is 0 Å². The fourth-order valence-electron chi connectivity index (χ4n) is 0.767. The summed E-state index contributed by atoms with van der Waals surface area (Å²) in [6.45, 7) is 0. The lowest BCUT2D eigenvalue weighted by Gasteiger charge is -1.85. The number of hydrogen-bond acceptors (Lipinski definition) is 3. The van der Waals surface area contributed by atoms with Gasteiger partial charge in [-0.05, 0) is 0 Å². The molecule has 7 heteroatoms. The lowest BCUT2D eigenvalue weighted by molar-refractivity contribution is 0.879. The SMILES string of the molecule is Cl.Cl.O=c1[nH]cnn2cncc12. The van der Waals surface area contributed by atoms with Crippen LogP contribution in [0.4, 0.5) is 0 Å². The van der Waals surface area contributed by atoms with E-state index in [1.807, 2.05) is 0 Å². The van der Waals surface area contributed by atoms with E-state index in [1.54, 1.807) is 0 Å². The molecule has 0 saturated heterocycles. The Bertz CT molecular complexity index is 409. The van der Waals surface area contributed by atoms with Crippen LogP contribution in [0.3, 0.4) is 0 Å². The number of halogens is 2. The molecule has 12 heavy (non-hydrogen) atoms. The molecule has 2 aromatic rings. The van der Waals surface area contributed by atoms with E-state index in [0.717, 1.165) is 0 Å². The molecule has 5 nitrogen and oxygen atoms in total. The minimum absolute atomic E-state index is 0. The van der Waals surface area contributed by atoms with Gasteiger partial charge >= 0.3 is 0 Å². The van der Waals surface area contributed by atoms with E-state index in [9.17, 15) is 4.79 Å². The summed E-state index contributed by atoms with van der Waals surface area (Å²) in [5, 5.41) is 3.80. The Morgan fingerprint density at radius 1 is 1.42 bits per heavy atom. The van der Waals surface area contributed by atoms with Crippen LogP contribution < -0.4 is 5.56 Å². The van der Waals surface area contributed by atoms with Gasteiger partial charge in [-0.25, -0.2) is 9.50 Å². The zero-order valence-electron chi connectivity index (χ0n) is 5.80. The molecule has 2 rings (SSSR count). The Kier molecular flexibility index (Phi) is 3.72. The van der Waals surface area contributed by atoms with Gasteiger partial charge in [-0.15, -0.1) is 24.8 Å². The van der Waals surface area contributed by atoms with Crippen molar-refractivity contribution >= 4 is 30.3 Å². The monoisotopic (exact) mass is 208 g/mol. The number of fused-ring (bicyclic) bond motifs is 1. The molecule has 1 N–H and O–H groups in total. The summed E-state index contributed by atoms with van der Waals surface area (Å²) >= 11 is 0. The normalized spacial score (nSPS) is 8.67. The highest BCUT2D eigenvalue weighted by Gasteiger charge is 1.94. The molecule has 66 valence electrons. The molecule has 0 aromatic carbocycles. The zero-order valence-corrected chi connectivity index (χ0v) is 7.43. The molecule has 0 bridgehead atoms. The van der Waals surface area contributed by atoms with Gasteiger partial charge < -0.3 is 4.98 Å². The van der Waals surface area contributed by atoms with Gasteiger partial charge in [-0.2, -0.15) is 5.10 Å². The fourth-order valence-corrected chi connectivity index (χ4v) is 0.767. The van der Waals surface area contributed by atoms with Crippen LogP contribution in [0.15, 0.2) is 23.6 Å². The molecule has 2 aromatic heterocycles. The van der Waals surface area contributed by atoms with Gasteiger partial charge in [0.15, 0.2) is 0 Å². The average Bonchev–Trinajstić information content (AvgIpc) is 2.36. The molecule has 2 heterocycles. The zero-order chi connectivity index (χ0) is 6.97. The number of nitrogens with zero attached hydrogens (tertiary/aromatic N) is 3. The molecule has 0 aliphatic heterocycles. The first-order chi connectivity index (χ1) is 4.88. The van der Waals surface area contributed by atoms with Gasteiger partial charge in [0, 0.05) is 0 Å². The predicted molar refractivity (Wildman–Crippen MR) is 48.1 cm³/mol. The van der Waals surface area contributed by atoms with E-state index in [1.165, 1.54) is 23.4 Å². The second-order valence-electron chi connectivity index (χ2n) is 1.84. The number of imidazole rings is 1. The quantitative estimate of drug-likeness (QED) is 0.676. The van der Waals surface area contributed by atoms with Gasteiger partial charge in [-0.3, -0.25) is 4.79 Å². The highest BCUT2D eigenvalue weighted by molar-refractivity contribution is 5.85. The molecule has 0 spiro atoms. The van der Waals surface area contributed by atoms with Gasteiger partial charge in [0.1, 0.15) is 18.2 Å². The first-order valence-corrected chi connectivity index (χ1v) is 2.74. The summed E-state index contributed by atoms with van der Waals surface area (Å²) in [6.07, 6.45) is 4.27. The van der Waals surface area contributed by atoms with Gasteiger partial charge in [0.05, 0.1) is 6.20 Å². The number of aromatic nitrogens is 4. The Morgan fingerprint density at radius 2 is 2.17 bits per heavy atom. The smallest absolute Gasteiger partial charge is 0.276 e. The number of hydrogen-bond donors (Lipinski definition) is 1. The topological polar surface area (TPSA) is 63.0 Å². The second-order valence-corrected chi connectivity index (χ2v) is 1.84. The summed E-state index contributed by atoms with van der Waals surface area (Å²) in [6, 6.07) is 0. The molecule has 0 unspecified atom stereocenters. The van der Waals surface area contributed by atoms with E-state index in [4.69, 9.17) is 0 Å². The summed E-state index contributed by atoms with van der Waals surface area (Å²) in [5.41, 5.74) is 0.287. The van der Waals surface area contributed by atoms with Crippen LogP contribution in [0.25, 0.3) is 5.52 Å². The highest BCUT2D eigenvalue weighted by atomic mass is 35.5. The molecule has 0 amide bonds. The van der Waals surface area contributed by atoms with E-state index in [-0.39, 0.29) is 30.4 Å². The van der Waals surface area contributed by atoms with Crippen LogP contribution in [0, 0.1) is 0 Å². The number of aromatic amines is 1. The number of H-pyrrole nitrogens is 1. The molecule has 0 fully saturated rings. The molecule has 0 aliphatic carbocycles. The average molecular weight is 209 g/mol. The number of rotatable bonds is 0. The molecular weight excluding hydrogens is 203 g/mol. The van der Waals surface area contributed by atoms with Crippen molar-refractivity contribution in [3.63, 3.8) is 0 Å². The van der Waals surface area contributed by atoms with Gasteiger partial charge in [0.2, 0.25) is 0 Å². The van der Waals surface area contributed by atoms with Crippen molar-refractivity contribution in [1.82, 2.24) is 19.6 Å². The summed E-state index contributed by atoms with van der Waals surface area (Å²) < 4.78 is 1.42. The third-order valence-electron chi connectivity index (χ3n) is 1.23. The lowest BCUT2D eigenvalue weighted by atomic mass is 10.6. The van der Waals surface area contributed by atoms with Crippen molar-refractivity contribution in [2.45, 2.75) is 0 Å². The Hall–Kier alpha value is -1.07. The molecule has 0 atom stereocenters. The van der Waals surface area contributed by atoms with Crippen LogP contribution in [0.1, 0.15) is 0 Å². The second kappa shape index (κ2) is 4.08. The minimum Gasteiger partial charge on any atom is -0.310 e. The number of nitrogens with one attached hydrogen (secondary N) is 1. The van der Waals surface area contributed by atoms with Crippen LogP contribution >= 0.6 is 24.8 Å². The van der Waals surface area contributed by atoms with Gasteiger partial charge in [0.25, 0.3) is 5.56 Å².